The summed E-state index contributed by atoms with van der Waals surface area (Å²) >= 11 is 3.48. The second-order valence-electron chi connectivity index (χ2n) is 8.31. The molecule has 2 aromatic heterocycles. The second kappa shape index (κ2) is 11.0. The number of benzene rings is 3. The number of halogens is 1. The van der Waals surface area contributed by atoms with Crippen molar-refractivity contribution in [1.29, 1.82) is 0 Å². The monoisotopic (exact) mass is 572 g/mol. The van der Waals surface area contributed by atoms with Gasteiger partial charge >= 0.3 is 6.03 Å². The van der Waals surface area contributed by atoms with E-state index in [2.05, 4.69) is 36.9 Å². The third-order valence-electron chi connectivity index (χ3n) is 5.59. The molecule has 2 amide bonds. The number of amides is 2. The summed E-state index contributed by atoms with van der Waals surface area (Å²) in [7, 11) is 0. The number of rotatable bonds is 8. The molecule has 0 saturated carbocycles. The van der Waals surface area contributed by atoms with Crippen LogP contribution in [-0.4, -0.2) is 35.7 Å². The van der Waals surface area contributed by atoms with Gasteiger partial charge < -0.3 is 10.6 Å². The van der Waals surface area contributed by atoms with Crippen LogP contribution in [0.25, 0.3) is 16.9 Å². The fourth-order valence-electron chi connectivity index (χ4n) is 3.80. The minimum absolute atomic E-state index is 0.108. The van der Waals surface area contributed by atoms with Crippen molar-refractivity contribution in [1.82, 2.24) is 30.1 Å². The molecule has 0 unspecified atom stereocenters. The molecule has 0 aliphatic rings. The van der Waals surface area contributed by atoms with Crippen molar-refractivity contribution >= 4 is 33.3 Å². The molecular formula is C26H21BrN8O3. The molecule has 0 radical (unpaired) electrons. The zero-order valence-electron chi connectivity index (χ0n) is 19.9. The zero-order chi connectivity index (χ0) is 26.5. The third-order valence-corrected chi connectivity index (χ3v) is 6.12. The molecule has 190 valence electrons. The maximum absolute atomic E-state index is 12.3. The molecule has 5 aromatic rings. The van der Waals surface area contributed by atoms with E-state index in [1.165, 1.54) is 18.2 Å². The summed E-state index contributed by atoms with van der Waals surface area (Å²) in [5.41, 5.74) is 4.45. The van der Waals surface area contributed by atoms with E-state index in [-0.39, 0.29) is 12.2 Å². The van der Waals surface area contributed by atoms with E-state index in [1.54, 1.807) is 16.9 Å². The molecule has 2 heterocycles. The zero-order valence-corrected chi connectivity index (χ0v) is 21.4. The highest BCUT2D eigenvalue weighted by Gasteiger charge is 2.15. The van der Waals surface area contributed by atoms with Crippen molar-refractivity contribution in [3.8, 4) is 16.9 Å². The van der Waals surface area contributed by atoms with Crippen LogP contribution in [0.2, 0.25) is 0 Å². The minimum atomic E-state index is -0.521. The van der Waals surface area contributed by atoms with Crippen LogP contribution >= 0.6 is 15.9 Å². The van der Waals surface area contributed by atoms with Crippen LogP contribution in [0, 0.1) is 10.1 Å². The number of non-ortho nitro benzene ring substituents is 1. The Labute approximate surface area is 225 Å². The summed E-state index contributed by atoms with van der Waals surface area (Å²) in [4.78, 5) is 22.7. The first-order chi connectivity index (χ1) is 18.4. The first kappa shape index (κ1) is 24.8. The Morgan fingerprint density at radius 3 is 2.55 bits per heavy atom. The van der Waals surface area contributed by atoms with E-state index in [9.17, 15) is 14.9 Å². The van der Waals surface area contributed by atoms with E-state index >= 15 is 0 Å². The van der Waals surface area contributed by atoms with Crippen molar-refractivity contribution in [2.45, 2.75) is 13.1 Å². The van der Waals surface area contributed by atoms with Gasteiger partial charge in [-0.1, -0.05) is 57.5 Å². The van der Waals surface area contributed by atoms with Crippen molar-refractivity contribution in [3.63, 3.8) is 0 Å². The van der Waals surface area contributed by atoms with E-state index < -0.39 is 11.0 Å². The van der Waals surface area contributed by atoms with Gasteiger partial charge in [-0.3, -0.25) is 10.1 Å². The minimum Gasteiger partial charge on any atom is -0.332 e. The fourth-order valence-corrected chi connectivity index (χ4v) is 4.07. The van der Waals surface area contributed by atoms with Crippen LogP contribution < -0.4 is 10.6 Å². The Hall–Kier alpha value is -4.84. The van der Waals surface area contributed by atoms with Crippen LogP contribution in [-0.2, 0) is 13.1 Å². The van der Waals surface area contributed by atoms with Crippen LogP contribution in [0.5, 0.6) is 0 Å². The molecule has 3 aromatic carbocycles. The highest BCUT2D eigenvalue weighted by Crippen LogP contribution is 2.26. The number of nitrogens with zero attached hydrogens (tertiary/aromatic N) is 6. The predicted octanol–water partition coefficient (Wildman–Crippen LogP) is 5.17. The molecule has 0 saturated heterocycles. The highest BCUT2D eigenvalue weighted by atomic mass is 79.9. The predicted molar refractivity (Wildman–Crippen MR) is 145 cm³/mol. The van der Waals surface area contributed by atoms with Gasteiger partial charge in [0.1, 0.15) is 5.69 Å². The SMILES string of the molecule is O=C(NCc1cn(Cc2cn(-c3ccccc3)nc2-c2ccc(Br)cc2)nn1)Nc1cccc([N+](=O)[O-])c1. The van der Waals surface area contributed by atoms with Crippen LogP contribution in [0.1, 0.15) is 11.3 Å². The quantitative estimate of drug-likeness (QED) is 0.194. The summed E-state index contributed by atoms with van der Waals surface area (Å²) in [5.74, 6) is 0. The van der Waals surface area contributed by atoms with Crippen molar-refractivity contribution in [2.75, 3.05) is 5.32 Å². The van der Waals surface area contributed by atoms with Gasteiger partial charge in [0.25, 0.3) is 5.69 Å². The first-order valence-electron chi connectivity index (χ1n) is 11.5. The van der Waals surface area contributed by atoms with Gasteiger partial charge in [-0.2, -0.15) is 5.10 Å². The highest BCUT2D eigenvalue weighted by molar-refractivity contribution is 9.10. The molecule has 0 aliphatic heterocycles. The number of nitro groups is 1. The number of hydrogen-bond acceptors (Lipinski definition) is 6. The molecule has 12 heteroatoms. The van der Waals surface area contributed by atoms with Crippen molar-refractivity contribution in [2.24, 2.45) is 0 Å². The van der Waals surface area contributed by atoms with Crippen molar-refractivity contribution in [3.05, 3.63) is 117 Å². The Bertz CT molecular complexity index is 1580. The van der Waals surface area contributed by atoms with Gasteiger partial charge in [0.15, 0.2) is 0 Å². The smallest absolute Gasteiger partial charge is 0.319 e. The number of aromatic nitrogens is 5. The lowest BCUT2D eigenvalue weighted by Crippen LogP contribution is -2.28. The molecule has 5 rings (SSSR count). The molecule has 2 N–H and O–H groups in total. The van der Waals surface area contributed by atoms with E-state index in [0.717, 1.165) is 27.0 Å². The van der Waals surface area contributed by atoms with E-state index in [1.807, 2.05) is 65.5 Å². The number of hydrogen-bond donors (Lipinski definition) is 2. The molecule has 0 spiro atoms. The molecule has 0 bridgehead atoms. The lowest BCUT2D eigenvalue weighted by Gasteiger charge is -2.06. The summed E-state index contributed by atoms with van der Waals surface area (Å²) in [5, 5.41) is 29.4. The van der Waals surface area contributed by atoms with Gasteiger partial charge in [0, 0.05) is 39.6 Å². The number of para-hydroxylation sites is 1. The normalized spacial score (nSPS) is 10.8. The van der Waals surface area contributed by atoms with Crippen LogP contribution in [0.3, 0.4) is 0 Å². The average molecular weight is 573 g/mol. The first-order valence-corrected chi connectivity index (χ1v) is 12.3. The number of urea groups is 1. The number of anilines is 1. The summed E-state index contributed by atoms with van der Waals surface area (Å²) < 4.78 is 4.50. The number of nitro benzene ring substituents is 1. The van der Waals surface area contributed by atoms with Gasteiger partial charge in [0.05, 0.1) is 35.6 Å². The number of nitrogens with one attached hydrogen (secondary N) is 2. The van der Waals surface area contributed by atoms with E-state index in [4.69, 9.17) is 5.10 Å². The van der Waals surface area contributed by atoms with Gasteiger partial charge in [-0.05, 0) is 30.3 Å². The molecule has 11 nitrogen and oxygen atoms in total. The molecule has 0 atom stereocenters. The standard InChI is InChI=1S/C26H21BrN8O3/c27-20-11-9-18(10-12-20)25-19(16-34(31-25)23-6-2-1-3-7-23)15-33-17-22(30-32-33)14-28-26(36)29-21-5-4-8-24(13-21)35(37)38/h1-13,16-17H,14-15H2,(H2,28,29,36). The second-order valence-corrected chi connectivity index (χ2v) is 9.23. The Balaban J connectivity index is 1.28. The third kappa shape index (κ3) is 5.93. The molecule has 0 fully saturated rings. The summed E-state index contributed by atoms with van der Waals surface area (Å²) in [6.45, 7) is 0.550. The summed E-state index contributed by atoms with van der Waals surface area (Å²) in [6, 6.07) is 23.0. The van der Waals surface area contributed by atoms with Crippen molar-refractivity contribution < 1.29 is 9.72 Å². The Morgan fingerprint density at radius 1 is 1.00 bits per heavy atom. The van der Waals surface area contributed by atoms with Crippen LogP contribution in [0.15, 0.2) is 95.7 Å². The van der Waals surface area contributed by atoms with Crippen LogP contribution in [0.4, 0.5) is 16.2 Å². The molecular weight excluding hydrogens is 552 g/mol. The van der Waals surface area contributed by atoms with Gasteiger partial charge in [-0.25, -0.2) is 14.2 Å². The lowest BCUT2D eigenvalue weighted by atomic mass is 10.1. The summed E-state index contributed by atoms with van der Waals surface area (Å²) in [6.07, 6.45) is 3.72. The maximum Gasteiger partial charge on any atom is 0.319 e. The topological polar surface area (TPSA) is 133 Å². The van der Waals surface area contributed by atoms with Gasteiger partial charge in [0.2, 0.25) is 0 Å². The molecule has 0 aliphatic carbocycles. The molecule has 38 heavy (non-hydrogen) atoms. The Morgan fingerprint density at radius 2 is 1.79 bits per heavy atom. The largest absolute Gasteiger partial charge is 0.332 e. The van der Waals surface area contributed by atoms with Gasteiger partial charge in [-0.15, -0.1) is 5.10 Å². The lowest BCUT2D eigenvalue weighted by molar-refractivity contribution is -0.384. The van der Waals surface area contributed by atoms with E-state index in [0.29, 0.717) is 17.9 Å². The number of carbonyl (C=O) groups is 1. The Kier molecular flexibility index (Phi) is 7.22. The number of carbonyl (C=O) groups excluding carboxylic acids is 1. The average Bonchev–Trinajstić information content (AvgIpc) is 3.56. The maximum atomic E-state index is 12.3. The fraction of sp³-hybridized carbons (Fsp3) is 0.0769.